The molecule has 5 rings (SSSR count). The monoisotopic (exact) mass is 415 g/mol. The standard InChI is InChI=1S/C23H29NO6/c1-3-9-24-10-8-22-19-15-4-5-17(29-14-28-12-11-27-2)20(19)30-21(22)16(25)6-7-23(22,26)18(24)13-15/h3-5,8,10,16,18,21,25-26H,1,6-7,9,11-14H2,2H3/t16-,18+,21-,22-,23+/m0/s1. The summed E-state index contributed by atoms with van der Waals surface area (Å²) in [6, 6.07) is 3.85. The lowest BCUT2D eigenvalue weighted by molar-refractivity contribution is -0.169. The number of aliphatic hydroxyl groups excluding tert-OH is 1. The fourth-order valence-electron chi connectivity index (χ4n) is 5.89. The molecule has 1 saturated carbocycles. The minimum atomic E-state index is -1.03. The van der Waals surface area contributed by atoms with Gasteiger partial charge in [-0.1, -0.05) is 18.2 Å². The molecule has 1 aromatic carbocycles. The summed E-state index contributed by atoms with van der Waals surface area (Å²) >= 11 is 0. The van der Waals surface area contributed by atoms with E-state index >= 15 is 0 Å². The average molecular weight is 415 g/mol. The maximum Gasteiger partial charge on any atom is 0.189 e. The minimum Gasteiger partial charge on any atom is -0.482 e. The van der Waals surface area contributed by atoms with Gasteiger partial charge in [0.25, 0.3) is 0 Å². The van der Waals surface area contributed by atoms with Crippen LogP contribution in [0.4, 0.5) is 0 Å². The first-order valence-corrected chi connectivity index (χ1v) is 10.6. The van der Waals surface area contributed by atoms with Crippen LogP contribution in [0.5, 0.6) is 11.5 Å². The highest BCUT2D eigenvalue weighted by molar-refractivity contribution is 5.65. The van der Waals surface area contributed by atoms with E-state index < -0.39 is 23.2 Å². The minimum absolute atomic E-state index is 0.0779. The Bertz CT molecular complexity index is 871. The number of benzene rings is 1. The summed E-state index contributed by atoms with van der Waals surface area (Å²) in [5.74, 6) is 1.19. The van der Waals surface area contributed by atoms with Crippen LogP contribution in [0.3, 0.4) is 0 Å². The summed E-state index contributed by atoms with van der Waals surface area (Å²) in [7, 11) is 1.62. The summed E-state index contributed by atoms with van der Waals surface area (Å²) < 4.78 is 22.7. The van der Waals surface area contributed by atoms with Crippen molar-refractivity contribution in [2.45, 2.75) is 48.5 Å². The fraction of sp³-hybridized carbons (Fsp3) is 0.565. The van der Waals surface area contributed by atoms with Crippen LogP contribution in [0.25, 0.3) is 0 Å². The van der Waals surface area contributed by atoms with E-state index in [1.165, 1.54) is 0 Å². The molecule has 2 aliphatic carbocycles. The van der Waals surface area contributed by atoms with Crippen LogP contribution in [0.15, 0.2) is 37.1 Å². The van der Waals surface area contributed by atoms with E-state index in [1.54, 1.807) is 7.11 Å². The van der Waals surface area contributed by atoms with Crippen molar-refractivity contribution in [3.63, 3.8) is 0 Å². The Morgan fingerprint density at radius 1 is 1.37 bits per heavy atom. The third kappa shape index (κ3) is 2.52. The second-order valence-electron chi connectivity index (χ2n) is 8.55. The third-order valence-electron chi connectivity index (χ3n) is 7.17. The van der Waals surface area contributed by atoms with Crippen LogP contribution >= 0.6 is 0 Å². The van der Waals surface area contributed by atoms with Crippen molar-refractivity contribution in [3.8, 4) is 11.5 Å². The summed E-state index contributed by atoms with van der Waals surface area (Å²) in [4.78, 5) is 2.15. The lowest BCUT2D eigenvalue weighted by Gasteiger charge is -2.61. The van der Waals surface area contributed by atoms with Crippen LogP contribution in [-0.4, -0.2) is 72.6 Å². The Morgan fingerprint density at radius 2 is 2.23 bits per heavy atom. The molecule has 0 radical (unpaired) electrons. The predicted molar refractivity (Wildman–Crippen MR) is 110 cm³/mol. The van der Waals surface area contributed by atoms with Crippen molar-refractivity contribution >= 4 is 0 Å². The number of hydrogen-bond acceptors (Lipinski definition) is 7. The van der Waals surface area contributed by atoms with Crippen molar-refractivity contribution in [3.05, 3.63) is 48.2 Å². The van der Waals surface area contributed by atoms with E-state index in [0.29, 0.717) is 50.5 Å². The summed E-state index contributed by atoms with van der Waals surface area (Å²) in [6.07, 6.45) is 6.43. The quantitative estimate of drug-likeness (QED) is 0.378. The van der Waals surface area contributed by atoms with Crippen LogP contribution in [0.1, 0.15) is 24.0 Å². The van der Waals surface area contributed by atoms with Crippen molar-refractivity contribution in [2.75, 3.05) is 33.7 Å². The zero-order chi connectivity index (χ0) is 20.9. The van der Waals surface area contributed by atoms with Crippen molar-refractivity contribution < 1.29 is 29.2 Å². The van der Waals surface area contributed by atoms with Crippen LogP contribution < -0.4 is 9.47 Å². The number of aliphatic hydroxyl groups is 2. The van der Waals surface area contributed by atoms with Crippen LogP contribution in [0, 0.1) is 0 Å². The third-order valence-corrected chi connectivity index (χ3v) is 7.17. The van der Waals surface area contributed by atoms with E-state index in [2.05, 4.69) is 17.5 Å². The molecule has 7 heteroatoms. The number of nitrogens with zero attached hydrogens (tertiary/aromatic N) is 1. The van der Waals surface area contributed by atoms with E-state index in [0.717, 1.165) is 11.1 Å². The molecule has 0 unspecified atom stereocenters. The molecule has 2 aliphatic heterocycles. The van der Waals surface area contributed by atoms with E-state index in [4.69, 9.17) is 18.9 Å². The molecule has 5 atom stereocenters. The van der Waals surface area contributed by atoms with Crippen LogP contribution in [0.2, 0.25) is 0 Å². The van der Waals surface area contributed by atoms with Gasteiger partial charge in [0.05, 0.1) is 30.8 Å². The highest BCUT2D eigenvalue weighted by Gasteiger charge is 2.71. The maximum atomic E-state index is 12.1. The molecule has 2 heterocycles. The average Bonchev–Trinajstić information content (AvgIpc) is 3.09. The zero-order valence-electron chi connectivity index (χ0n) is 17.3. The number of ether oxygens (including phenoxy) is 4. The lowest BCUT2D eigenvalue weighted by Crippen LogP contribution is -2.74. The van der Waals surface area contributed by atoms with Crippen molar-refractivity contribution in [1.29, 1.82) is 0 Å². The number of rotatable bonds is 8. The molecule has 1 aromatic rings. The SMILES string of the molecule is C=CCN1C=C[C@]23c4c5ccc(OCOCCOC)c4O[C@H]2[C@@H](O)CC[C@@]3(O)[C@H]1C5. The molecule has 0 saturated heterocycles. The first-order valence-electron chi connectivity index (χ1n) is 10.6. The van der Waals surface area contributed by atoms with Gasteiger partial charge >= 0.3 is 0 Å². The molecule has 1 fully saturated rings. The van der Waals surface area contributed by atoms with Crippen LogP contribution in [-0.2, 0) is 21.3 Å². The van der Waals surface area contributed by atoms with Crippen molar-refractivity contribution in [1.82, 2.24) is 4.90 Å². The van der Waals surface area contributed by atoms with E-state index in [9.17, 15) is 10.2 Å². The molecule has 0 amide bonds. The topological polar surface area (TPSA) is 80.6 Å². The molecular formula is C23H29NO6. The smallest absolute Gasteiger partial charge is 0.189 e. The van der Waals surface area contributed by atoms with Gasteiger partial charge in [0, 0.05) is 19.2 Å². The first-order chi connectivity index (χ1) is 14.6. The molecule has 0 aromatic heterocycles. The summed E-state index contributed by atoms with van der Waals surface area (Å²) in [5, 5.41) is 23.0. The van der Waals surface area contributed by atoms with Gasteiger partial charge < -0.3 is 34.1 Å². The molecule has 162 valence electrons. The van der Waals surface area contributed by atoms with Gasteiger partial charge in [0.1, 0.15) is 11.7 Å². The molecule has 30 heavy (non-hydrogen) atoms. The molecule has 1 spiro atoms. The molecule has 2 bridgehead atoms. The zero-order valence-corrected chi connectivity index (χ0v) is 17.3. The van der Waals surface area contributed by atoms with E-state index in [1.807, 2.05) is 24.4 Å². The lowest BCUT2D eigenvalue weighted by atomic mass is 9.50. The Kier molecular flexibility index (Phi) is 4.82. The molecule has 7 nitrogen and oxygen atoms in total. The Hall–Kier alpha value is -2.06. The highest BCUT2D eigenvalue weighted by Crippen LogP contribution is 2.64. The normalized spacial score (nSPS) is 35.0. The maximum absolute atomic E-state index is 12.1. The molecular weight excluding hydrogens is 386 g/mol. The number of methoxy groups -OCH3 is 1. The van der Waals surface area contributed by atoms with Gasteiger partial charge in [-0.15, -0.1) is 6.58 Å². The van der Waals surface area contributed by atoms with Crippen molar-refractivity contribution in [2.24, 2.45) is 0 Å². The Labute approximate surface area is 176 Å². The molecule has 2 N–H and O–H groups in total. The highest BCUT2D eigenvalue weighted by atomic mass is 16.7. The van der Waals surface area contributed by atoms with Gasteiger partial charge in [-0.3, -0.25) is 0 Å². The largest absolute Gasteiger partial charge is 0.482 e. The fourth-order valence-corrected chi connectivity index (χ4v) is 5.89. The summed E-state index contributed by atoms with van der Waals surface area (Å²) in [6.45, 7) is 5.54. The summed E-state index contributed by atoms with van der Waals surface area (Å²) in [5.41, 5.74) is 0.267. The van der Waals surface area contributed by atoms with Gasteiger partial charge in [-0.05, 0) is 37.1 Å². The predicted octanol–water partition coefficient (Wildman–Crippen LogP) is 1.51. The molecule has 4 aliphatic rings. The second-order valence-corrected chi connectivity index (χ2v) is 8.55. The van der Waals surface area contributed by atoms with Gasteiger partial charge in [0.2, 0.25) is 0 Å². The number of hydrogen-bond donors (Lipinski definition) is 2. The first kappa shape index (κ1) is 19.9. The Morgan fingerprint density at radius 3 is 3.03 bits per heavy atom. The Balaban J connectivity index is 1.57. The second kappa shape index (κ2) is 7.27. The van der Waals surface area contributed by atoms with Gasteiger partial charge in [0.15, 0.2) is 18.3 Å². The van der Waals surface area contributed by atoms with Gasteiger partial charge in [-0.25, -0.2) is 0 Å². The van der Waals surface area contributed by atoms with E-state index in [-0.39, 0.29) is 12.8 Å². The van der Waals surface area contributed by atoms with Gasteiger partial charge in [-0.2, -0.15) is 0 Å².